The minimum Gasteiger partial charge on any atom is -0.335 e. The molecule has 2 N–H and O–H groups in total. The van der Waals surface area contributed by atoms with Crippen LogP contribution >= 0.6 is 0 Å². The number of halogens is 1. The minimum atomic E-state index is -2.96. The Morgan fingerprint density at radius 3 is 2.20 bits per heavy atom. The van der Waals surface area contributed by atoms with Gasteiger partial charge in [-0.3, -0.25) is 14.5 Å². The summed E-state index contributed by atoms with van der Waals surface area (Å²) in [6.45, 7) is 7.10. The number of nitrogens with zero attached hydrogens (tertiary/aromatic N) is 2. The summed E-state index contributed by atoms with van der Waals surface area (Å²) in [6.07, 6.45) is 5.11. The molecule has 0 unspecified atom stereocenters. The predicted molar refractivity (Wildman–Crippen MR) is 173 cm³/mol. The third kappa shape index (κ3) is 9.20. The molecule has 244 valence electrons. The highest BCUT2D eigenvalue weighted by Gasteiger charge is 2.37. The van der Waals surface area contributed by atoms with Gasteiger partial charge in [0.2, 0.25) is 0 Å². The SMILES string of the molecule is CC(=O)c1cc(NC(=O)N[C@@H]2CCN(C3CCS(=O)(=O)CC3)C[C@H]2CN2CCC[C@@H](Cc3ccc(F)cc3)C2)cc(C(C)=O)c1. The average Bonchev–Trinajstić information content (AvgIpc) is 2.99. The lowest BCUT2D eigenvalue weighted by Gasteiger charge is -2.45. The first-order chi connectivity index (χ1) is 21.4. The number of benzene rings is 2. The van der Waals surface area contributed by atoms with Gasteiger partial charge in [0.05, 0.1) is 11.5 Å². The van der Waals surface area contributed by atoms with Crippen molar-refractivity contribution in [1.82, 2.24) is 15.1 Å². The van der Waals surface area contributed by atoms with E-state index in [1.165, 1.54) is 32.0 Å². The molecular weight excluding hydrogens is 595 g/mol. The zero-order valence-electron chi connectivity index (χ0n) is 26.3. The molecule has 0 saturated carbocycles. The molecule has 45 heavy (non-hydrogen) atoms. The Kier molecular flexibility index (Phi) is 10.7. The van der Waals surface area contributed by atoms with Crippen molar-refractivity contribution >= 4 is 33.1 Å². The first kappa shape index (κ1) is 33.2. The number of ketones is 2. The van der Waals surface area contributed by atoms with Crippen molar-refractivity contribution in [2.75, 3.05) is 49.5 Å². The number of hydrogen-bond acceptors (Lipinski definition) is 7. The molecule has 3 heterocycles. The van der Waals surface area contributed by atoms with Crippen LogP contribution in [0.1, 0.15) is 72.2 Å². The van der Waals surface area contributed by atoms with Crippen LogP contribution in [0, 0.1) is 17.7 Å². The van der Waals surface area contributed by atoms with Gasteiger partial charge in [0.25, 0.3) is 0 Å². The molecule has 0 radical (unpaired) electrons. The number of nitrogens with one attached hydrogen (secondary N) is 2. The van der Waals surface area contributed by atoms with Crippen LogP contribution in [0.15, 0.2) is 42.5 Å². The molecule has 0 bridgehead atoms. The van der Waals surface area contributed by atoms with Gasteiger partial charge in [-0.2, -0.15) is 0 Å². The van der Waals surface area contributed by atoms with Crippen molar-refractivity contribution < 1.29 is 27.2 Å². The highest BCUT2D eigenvalue weighted by Crippen LogP contribution is 2.28. The van der Waals surface area contributed by atoms with E-state index in [-0.39, 0.29) is 52.9 Å². The molecule has 3 aliphatic rings. The summed E-state index contributed by atoms with van der Waals surface area (Å²) >= 11 is 0. The molecule has 3 aliphatic heterocycles. The third-order valence-electron chi connectivity index (χ3n) is 9.66. The quantitative estimate of drug-likeness (QED) is 0.386. The molecule has 2 aromatic carbocycles. The first-order valence-corrected chi connectivity index (χ1v) is 17.9. The van der Waals surface area contributed by atoms with Gasteiger partial charge in [0, 0.05) is 61.0 Å². The molecule has 9 nitrogen and oxygen atoms in total. The fourth-order valence-electron chi connectivity index (χ4n) is 7.22. The van der Waals surface area contributed by atoms with Crippen LogP contribution in [0.3, 0.4) is 0 Å². The van der Waals surface area contributed by atoms with Gasteiger partial charge < -0.3 is 15.5 Å². The molecule has 3 atom stereocenters. The van der Waals surface area contributed by atoms with E-state index in [9.17, 15) is 27.2 Å². The maximum atomic E-state index is 13.4. The van der Waals surface area contributed by atoms with Crippen molar-refractivity contribution in [2.45, 2.75) is 64.5 Å². The Hall–Kier alpha value is -3.15. The van der Waals surface area contributed by atoms with Crippen LogP contribution < -0.4 is 10.6 Å². The largest absolute Gasteiger partial charge is 0.335 e. The maximum absolute atomic E-state index is 13.4. The number of carbonyl (C=O) groups is 3. The second kappa shape index (κ2) is 14.5. The summed E-state index contributed by atoms with van der Waals surface area (Å²) < 4.78 is 37.6. The van der Waals surface area contributed by atoms with Gasteiger partial charge in [0.1, 0.15) is 15.7 Å². The number of anilines is 1. The van der Waals surface area contributed by atoms with Crippen molar-refractivity contribution in [2.24, 2.45) is 11.8 Å². The molecule has 2 aromatic rings. The Balaban J connectivity index is 1.27. The predicted octanol–water partition coefficient (Wildman–Crippen LogP) is 4.57. The minimum absolute atomic E-state index is 0.102. The normalized spacial score (nSPS) is 24.6. The summed E-state index contributed by atoms with van der Waals surface area (Å²) in [5.41, 5.74) is 2.25. The lowest BCUT2D eigenvalue weighted by atomic mass is 9.87. The number of piperidine rings is 2. The van der Waals surface area contributed by atoms with Crippen molar-refractivity contribution in [3.8, 4) is 0 Å². The monoisotopic (exact) mass is 640 g/mol. The zero-order valence-corrected chi connectivity index (χ0v) is 27.1. The lowest BCUT2D eigenvalue weighted by Crippen LogP contribution is -2.58. The number of Topliss-reactive ketones (excluding diaryl/α,β-unsaturated/α-hetero) is 2. The van der Waals surface area contributed by atoms with E-state index >= 15 is 0 Å². The molecule has 0 spiro atoms. The number of hydrogen-bond donors (Lipinski definition) is 2. The molecule has 2 amide bonds. The van der Waals surface area contributed by atoms with Gasteiger partial charge in [-0.05, 0) is 101 Å². The zero-order chi connectivity index (χ0) is 32.1. The van der Waals surface area contributed by atoms with Gasteiger partial charge in [-0.15, -0.1) is 0 Å². The summed E-state index contributed by atoms with van der Waals surface area (Å²) in [5.74, 6) is 0.432. The second-order valence-corrected chi connectivity index (χ2v) is 15.4. The van der Waals surface area contributed by atoms with Crippen LogP contribution in [-0.4, -0.2) is 92.1 Å². The number of likely N-dealkylation sites (tertiary alicyclic amines) is 2. The Labute approximate surface area is 265 Å². The molecule has 11 heteroatoms. The standard InChI is InChI=1S/C34H45FN4O5S/c1-23(40)27-17-28(24(2)41)19-31(18-27)36-34(42)37-33-9-13-39(32-10-14-45(43,44)15-11-32)22-29(33)21-38-12-3-4-26(20-38)16-25-5-7-30(35)8-6-25/h5-8,17-19,26,29,32-33H,3-4,9-16,20-22H2,1-2H3,(H2,36,37,42)/t26-,29+,33+/m0/s1. The van der Waals surface area contributed by atoms with Gasteiger partial charge in [0.15, 0.2) is 11.6 Å². The van der Waals surface area contributed by atoms with Gasteiger partial charge in [-0.1, -0.05) is 12.1 Å². The molecular formula is C34H45FN4O5S. The van der Waals surface area contributed by atoms with Crippen molar-refractivity contribution in [3.63, 3.8) is 0 Å². The number of sulfone groups is 1. The van der Waals surface area contributed by atoms with E-state index in [4.69, 9.17) is 0 Å². The third-order valence-corrected chi connectivity index (χ3v) is 11.4. The van der Waals surface area contributed by atoms with Crippen LogP contribution in [0.5, 0.6) is 0 Å². The van der Waals surface area contributed by atoms with Crippen LogP contribution in [0.25, 0.3) is 0 Å². The van der Waals surface area contributed by atoms with Crippen molar-refractivity contribution in [1.29, 1.82) is 0 Å². The van der Waals surface area contributed by atoms with Crippen molar-refractivity contribution in [3.05, 3.63) is 65.0 Å². The fourth-order valence-corrected chi connectivity index (χ4v) is 8.69. The van der Waals surface area contributed by atoms with Crippen LogP contribution in [-0.2, 0) is 16.3 Å². The van der Waals surface area contributed by atoms with E-state index in [1.54, 1.807) is 12.1 Å². The molecule has 3 fully saturated rings. The summed E-state index contributed by atoms with van der Waals surface area (Å²) in [5, 5.41) is 6.04. The van der Waals surface area contributed by atoms with E-state index in [0.29, 0.717) is 35.6 Å². The van der Waals surface area contributed by atoms with E-state index in [0.717, 1.165) is 64.0 Å². The van der Waals surface area contributed by atoms with Gasteiger partial charge >= 0.3 is 6.03 Å². The number of carbonyl (C=O) groups excluding carboxylic acids is 3. The van der Waals surface area contributed by atoms with E-state index in [1.807, 2.05) is 12.1 Å². The lowest BCUT2D eigenvalue weighted by molar-refractivity contribution is 0.0603. The average molecular weight is 641 g/mol. The number of rotatable bonds is 9. The molecule has 5 rings (SSSR count). The smallest absolute Gasteiger partial charge is 0.319 e. The Bertz CT molecular complexity index is 1450. The Morgan fingerprint density at radius 1 is 0.889 bits per heavy atom. The number of urea groups is 1. The fraction of sp³-hybridized carbons (Fsp3) is 0.559. The van der Waals surface area contributed by atoms with Gasteiger partial charge in [-0.25, -0.2) is 17.6 Å². The summed E-state index contributed by atoms with van der Waals surface area (Å²) in [4.78, 5) is 42.3. The highest BCUT2D eigenvalue weighted by atomic mass is 32.2. The second-order valence-electron chi connectivity index (χ2n) is 13.1. The topological polar surface area (TPSA) is 116 Å². The molecule has 0 aliphatic carbocycles. The van der Waals surface area contributed by atoms with E-state index in [2.05, 4.69) is 20.4 Å². The summed E-state index contributed by atoms with van der Waals surface area (Å²) in [7, 11) is -2.96. The molecule has 0 aromatic heterocycles. The number of amides is 2. The Morgan fingerprint density at radius 2 is 1.56 bits per heavy atom. The first-order valence-electron chi connectivity index (χ1n) is 16.1. The maximum Gasteiger partial charge on any atom is 0.319 e. The summed E-state index contributed by atoms with van der Waals surface area (Å²) in [6, 6.07) is 11.2. The molecule has 3 saturated heterocycles. The highest BCUT2D eigenvalue weighted by molar-refractivity contribution is 7.91. The van der Waals surface area contributed by atoms with Crippen LogP contribution in [0.2, 0.25) is 0 Å². The van der Waals surface area contributed by atoms with E-state index < -0.39 is 9.84 Å². The van der Waals surface area contributed by atoms with Crippen LogP contribution in [0.4, 0.5) is 14.9 Å².